The maximum atomic E-state index is 6.27. The molecule has 0 saturated carbocycles. The van der Waals surface area contributed by atoms with E-state index in [0.717, 1.165) is 37.8 Å². The van der Waals surface area contributed by atoms with E-state index in [9.17, 15) is 0 Å². The molecule has 2 aromatic rings. The molecule has 1 aromatic carbocycles. The molecular formula is C20H28ClIN6. The van der Waals surface area contributed by atoms with Crippen LogP contribution < -0.4 is 20.4 Å². The smallest absolute Gasteiger partial charge is 0.191 e. The molecule has 1 saturated heterocycles. The van der Waals surface area contributed by atoms with Crippen molar-refractivity contribution in [1.82, 2.24) is 15.6 Å². The summed E-state index contributed by atoms with van der Waals surface area (Å²) in [5, 5.41) is 7.61. The van der Waals surface area contributed by atoms with Gasteiger partial charge in [-0.15, -0.1) is 24.0 Å². The quantitative estimate of drug-likeness (QED) is 0.364. The van der Waals surface area contributed by atoms with Crippen molar-refractivity contribution in [3.05, 3.63) is 53.2 Å². The molecule has 152 valence electrons. The van der Waals surface area contributed by atoms with E-state index in [0.29, 0.717) is 11.1 Å². The van der Waals surface area contributed by atoms with Gasteiger partial charge in [0.15, 0.2) is 5.96 Å². The van der Waals surface area contributed by atoms with Crippen molar-refractivity contribution in [3.8, 4) is 0 Å². The molecule has 0 amide bonds. The van der Waals surface area contributed by atoms with Crippen molar-refractivity contribution in [3.63, 3.8) is 0 Å². The van der Waals surface area contributed by atoms with Gasteiger partial charge in [-0.05, 0) is 36.2 Å². The van der Waals surface area contributed by atoms with Crippen LogP contribution in [-0.4, -0.2) is 51.2 Å². The molecule has 1 atom stereocenters. The monoisotopic (exact) mass is 514 g/mol. The lowest BCUT2D eigenvalue weighted by atomic mass is 10.2. The molecule has 1 aliphatic rings. The number of aliphatic imine (C=N–C) groups is 1. The minimum Gasteiger partial charge on any atom is -0.378 e. The summed E-state index contributed by atoms with van der Waals surface area (Å²) in [5.41, 5.74) is 2.41. The average molecular weight is 515 g/mol. The Morgan fingerprint density at radius 1 is 1.32 bits per heavy atom. The molecule has 1 aliphatic heterocycles. The first-order valence-corrected chi connectivity index (χ1v) is 9.53. The van der Waals surface area contributed by atoms with Gasteiger partial charge in [-0.2, -0.15) is 0 Å². The highest BCUT2D eigenvalue weighted by molar-refractivity contribution is 14.0. The van der Waals surface area contributed by atoms with Gasteiger partial charge in [-0.3, -0.25) is 4.99 Å². The number of anilines is 2. The lowest BCUT2D eigenvalue weighted by molar-refractivity contribution is 0.648. The van der Waals surface area contributed by atoms with Crippen LogP contribution in [0.25, 0.3) is 0 Å². The van der Waals surface area contributed by atoms with E-state index in [2.05, 4.69) is 54.7 Å². The van der Waals surface area contributed by atoms with E-state index < -0.39 is 0 Å². The molecule has 0 radical (unpaired) electrons. The summed E-state index contributed by atoms with van der Waals surface area (Å²) in [5.74, 6) is 1.66. The number of hydrogen-bond donors (Lipinski definition) is 2. The SMILES string of the molecule is CN=C(NCc1cccc(N(C)C)c1)NC1CCN(c2ncccc2Cl)C1.I. The van der Waals surface area contributed by atoms with Crippen molar-refractivity contribution < 1.29 is 0 Å². The second-order valence-electron chi connectivity index (χ2n) is 6.87. The minimum atomic E-state index is 0. The van der Waals surface area contributed by atoms with E-state index in [-0.39, 0.29) is 24.0 Å². The number of rotatable bonds is 5. The first-order valence-electron chi connectivity index (χ1n) is 9.15. The second kappa shape index (κ2) is 10.7. The number of pyridine rings is 1. The molecule has 3 rings (SSSR count). The van der Waals surface area contributed by atoms with E-state index in [1.54, 1.807) is 13.2 Å². The molecular weight excluding hydrogens is 487 g/mol. The third-order valence-corrected chi connectivity index (χ3v) is 4.97. The second-order valence-corrected chi connectivity index (χ2v) is 7.28. The summed E-state index contributed by atoms with van der Waals surface area (Å²) in [6.45, 7) is 2.51. The van der Waals surface area contributed by atoms with E-state index in [1.807, 2.05) is 26.2 Å². The number of halogens is 2. The Kier molecular flexibility index (Phi) is 8.62. The third kappa shape index (κ3) is 5.88. The molecule has 0 spiro atoms. The van der Waals surface area contributed by atoms with Crippen LogP contribution in [0.5, 0.6) is 0 Å². The fourth-order valence-electron chi connectivity index (χ4n) is 3.20. The van der Waals surface area contributed by atoms with Crippen molar-refractivity contribution in [2.45, 2.75) is 19.0 Å². The van der Waals surface area contributed by atoms with Crippen LogP contribution in [0.2, 0.25) is 5.02 Å². The normalized spacial score (nSPS) is 16.5. The summed E-state index contributed by atoms with van der Waals surface area (Å²) < 4.78 is 0. The molecule has 8 heteroatoms. The Hall–Kier alpha value is -1.74. The van der Waals surface area contributed by atoms with Crippen LogP contribution in [0.1, 0.15) is 12.0 Å². The highest BCUT2D eigenvalue weighted by atomic mass is 127. The molecule has 0 aliphatic carbocycles. The zero-order chi connectivity index (χ0) is 19.2. The zero-order valence-electron chi connectivity index (χ0n) is 16.5. The molecule has 1 fully saturated rings. The Balaban J connectivity index is 0.00000280. The van der Waals surface area contributed by atoms with Gasteiger partial charge < -0.3 is 20.4 Å². The van der Waals surface area contributed by atoms with Gasteiger partial charge in [0.2, 0.25) is 0 Å². The Morgan fingerprint density at radius 3 is 2.86 bits per heavy atom. The Bertz CT molecular complexity index is 798. The van der Waals surface area contributed by atoms with Gasteiger partial charge in [0, 0.05) is 58.7 Å². The van der Waals surface area contributed by atoms with Crippen LogP contribution in [0.15, 0.2) is 47.6 Å². The van der Waals surface area contributed by atoms with Crippen LogP contribution in [0, 0.1) is 0 Å². The van der Waals surface area contributed by atoms with E-state index in [1.165, 1.54) is 11.3 Å². The predicted molar refractivity (Wildman–Crippen MR) is 129 cm³/mol. The summed E-state index contributed by atoms with van der Waals surface area (Å²) in [4.78, 5) is 13.1. The average Bonchev–Trinajstić information content (AvgIpc) is 3.14. The van der Waals surface area contributed by atoms with Gasteiger partial charge >= 0.3 is 0 Å². The molecule has 2 heterocycles. The zero-order valence-corrected chi connectivity index (χ0v) is 19.6. The molecule has 1 unspecified atom stereocenters. The number of benzene rings is 1. The predicted octanol–water partition coefficient (Wildman–Crippen LogP) is 3.36. The third-order valence-electron chi connectivity index (χ3n) is 4.68. The maximum absolute atomic E-state index is 6.27. The first kappa shape index (κ1) is 22.5. The van der Waals surface area contributed by atoms with Crippen molar-refractivity contribution in [1.29, 1.82) is 0 Å². The van der Waals surface area contributed by atoms with Crippen molar-refractivity contribution in [2.24, 2.45) is 4.99 Å². The number of nitrogens with one attached hydrogen (secondary N) is 2. The highest BCUT2D eigenvalue weighted by Crippen LogP contribution is 2.25. The van der Waals surface area contributed by atoms with Gasteiger partial charge in [-0.25, -0.2) is 4.98 Å². The minimum absolute atomic E-state index is 0. The van der Waals surface area contributed by atoms with Gasteiger partial charge in [-0.1, -0.05) is 23.7 Å². The summed E-state index contributed by atoms with van der Waals surface area (Å²) in [6, 6.07) is 12.5. The van der Waals surface area contributed by atoms with Crippen LogP contribution in [0.3, 0.4) is 0 Å². The lowest BCUT2D eigenvalue weighted by Gasteiger charge is -2.20. The molecule has 6 nitrogen and oxygen atoms in total. The topological polar surface area (TPSA) is 55.8 Å². The number of nitrogens with zero attached hydrogens (tertiary/aromatic N) is 4. The van der Waals surface area contributed by atoms with Crippen molar-refractivity contribution >= 4 is 53.0 Å². The van der Waals surface area contributed by atoms with Gasteiger partial charge in [0.1, 0.15) is 5.82 Å². The van der Waals surface area contributed by atoms with E-state index in [4.69, 9.17) is 11.6 Å². The molecule has 2 N–H and O–H groups in total. The maximum Gasteiger partial charge on any atom is 0.191 e. The van der Waals surface area contributed by atoms with E-state index >= 15 is 0 Å². The number of aromatic nitrogens is 1. The molecule has 1 aromatic heterocycles. The lowest BCUT2D eigenvalue weighted by Crippen LogP contribution is -2.44. The Labute approximate surface area is 189 Å². The highest BCUT2D eigenvalue weighted by Gasteiger charge is 2.25. The number of hydrogen-bond acceptors (Lipinski definition) is 4. The van der Waals surface area contributed by atoms with Gasteiger partial charge in [0.05, 0.1) is 5.02 Å². The van der Waals surface area contributed by atoms with Crippen LogP contribution >= 0.6 is 35.6 Å². The summed E-state index contributed by atoms with van der Waals surface area (Å²) in [7, 11) is 5.90. The first-order chi connectivity index (χ1) is 13.1. The van der Waals surface area contributed by atoms with Gasteiger partial charge in [0.25, 0.3) is 0 Å². The van der Waals surface area contributed by atoms with Crippen LogP contribution in [-0.2, 0) is 6.54 Å². The summed E-state index contributed by atoms with van der Waals surface area (Å²) in [6.07, 6.45) is 2.80. The number of guanidine groups is 1. The van der Waals surface area contributed by atoms with Crippen molar-refractivity contribution in [2.75, 3.05) is 44.0 Å². The molecule has 0 bridgehead atoms. The fraction of sp³-hybridized carbons (Fsp3) is 0.400. The standard InChI is InChI=1S/C20H27ClN6.HI/c1-22-20(24-13-15-6-4-7-17(12-15)26(2)3)25-16-9-11-27(14-16)19-18(21)8-5-10-23-19;/h4-8,10,12,16H,9,11,13-14H2,1-3H3,(H2,22,24,25);1H. The molecule has 28 heavy (non-hydrogen) atoms. The Morgan fingerprint density at radius 2 is 2.14 bits per heavy atom. The van der Waals surface area contributed by atoms with Crippen LogP contribution in [0.4, 0.5) is 11.5 Å². The summed E-state index contributed by atoms with van der Waals surface area (Å²) >= 11 is 6.27. The largest absolute Gasteiger partial charge is 0.378 e. The fourth-order valence-corrected chi connectivity index (χ4v) is 3.44.